The molecule has 1 fully saturated rings. The summed E-state index contributed by atoms with van der Waals surface area (Å²) < 4.78 is 66.2. The number of ether oxygens (including phenoxy) is 1. The van der Waals surface area contributed by atoms with E-state index < -0.39 is 65.9 Å². The van der Waals surface area contributed by atoms with Crippen molar-refractivity contribution in [3.63, 3.8) is 0 Å². The van der Waals surface area contributed by atoms with E-state index >= 15 is 0 Å². The van der Waals surface area contributed by atoms with Crippen molar-refractivity contribution >= 4 is 23.5 Å². The Morgan fingerprint density at radius 2 is 1.77 bits per heavy atom. The van der Waals surface area contributed by atoms with Crippen LogP contribution in [-0.2, 0) is 36.3 Å². The van der Waals surface area contributed by atoms with E-state index in [9.17, 15) is 38.0 Å². The second-order valence-corrected chi connectivity index (χ2v) is 10.0. The van der Waals surface area contributed by atoms with Crippen molar-refractivity contribution in [2.75, 3.05) is 6.61 Å². The number of aliphatic hydroxyl groups is 2. The number of phosphoric acid groups is 3. The number of halogens is 1. The fourth-order valence-electron chi connectivity index (χ4n) is 2.22. The second kappa shape index (κ2) is 9.18. The summed E-state index contributed by atoms with van der Waals surface area (Å²) in [5.74, 6) is 0. The minimum Gasteiger partial charge on any atom is -0.387 e. The van der Waals surface area contributed by atoms with E-state index in [0.29, 0.717) is 4.57 Å². The molecule has 21 heteroatoms. The molecule has 1 aromatic rings. The van der Waals surface area contributed by atoms with Gasteiger partial charge in [-0.2, -0.15) is 8.62 Å². The van der Waals surface area contributed by atoms with Gasteiger partial charge in [0.1, 0.15) is 18.3 Å². The van der Waals surface area contributed by atoms with Crippen molar-refractivity contribution in [2.45, 2.75) is 24.5 Å². The average Bonchev–Trinajstić information content (AvgIpc) is 2.86. The van der Waals surface area contributed by atoms with Crippen LogP contribution in [0.4, 0.5) is 4.53 Å². The van der Waals surface area contributed by atoms with E-state index in [2.05, 4.69) is 17.9 Å². The predicted octanol–water partition coefficient (Wildman–Crippen LogP) is -1.59. The van der Waals surface area contributed by atoms with Crippen molar-refractivity contribution < 1.29 is 65.7 Å². The highest BCUT2D eigenvalue weighted by Gasteiger charge is 2.48. The molecule has 0 spiro atoms. The number of aromatic amines is 1. The lowest BCUT2D eigenvalue weighted by Crippen LogP contribution is -2.37. The van der Waals surface area contributed by atoms with Crippen molar-refractivity contribution in [1.29, 1.82) is 0 Å². The summed E-state index contributed by atoms with van der Waals surface area (Å²) in [6.45, 7) is -1.15. The van der Waals surface area contributed by atoms with Crippen LogP contribution in [0.15, 0.2) is 21.9 Å². The third-order valence-electron chi connectivity index (χ3n) is 3.36. The summed E-state index contributed by atoms with van der Waals surface area (Å²) in [6, 6.07) is 0.895. The maximum absolute atomic E-state index is 12.6. The number of hydrogen-bond acceptors (Lipinski definition) is 12. The summed E-state index contributed by atoms with van der Waals surface area (Å²) in [5.41, 5.74) is -1.80. The molecule has 0 saturated carbocycles. The molecular weight excluding hydrogens is 488 g/mol. The predicted molar refractivity (Wildman–Crippen MR) is 87.0 cm³/mol. The molecule has 1 saturated heterocycles. The lowest BCUT2D eigenvalue weighted by molar-refractivity contribution is -0.0755. The molecule has 0 amide bonds. The molecule has 1 aromatic heterocycles. The van der Waals surface area contributed by atoms with Gasteiger partial charge in [0.2, 0.25) is 0 Å². The van der Waals surface area contributed by atoms with Gasteiger partial charge in [0.15, 0.2) is 6.23 Å². The molecule has 0 aliphatic carbocycles. The number of aromatic nitrogens is 2. The zero-order chi connectivity index (χ0) is 22.9. The molecular formula is C9H14FN2O15P3. The summed E-state index contributed by atoms with van der Waals surface area (Å²) >= 11 is 0. The number of rotatable bonds is 9. The van der Waals surface area contributed by atoms with Crippen LogP contribution in [0.2, 0.25) is 0 Å². The van der Waals surface area contributed by atoms with Gasteiger partial charge in [0, 0.05) is 12.3 Å². The Morgan fingerprint density at radius 3 is 2.30 bits per heavy atom. The molecule has 0 aromatic carbocycles. The quantitative estimate of drug-likeness (QED) is 0.208. The molecule has 6 atom stereocenters. The summed E-state index contributed by atoms with van der Waals surface area (Å²) in [4.78, 5) is 50.7. The third-order valence-corrected chi connectivity index (χ3v) is 7.29. The normalized spacial score (nSPS) is 28.7. The Bertz CT molecular complexity index is 1020. The SMILES string of the molecule is O=c1ccn([C@@H]2O[C@H](COP(=O)(OF)OP(=O)(O)OP(=O)(O)O)[C@@H](O)[C@H]2O)c(=O)[nH]1. The standard InChI is InChI=1S/C9H14FN2O15P3/c10-25-30(22,27-29(20,21)26-28(17,18)19)23-3-4-6(14)7(15)8(24-4)12-2-1-5(13)11-9(12)16/h1-2,4,6-8,14-15H,3H2,(H,20,21)(H,11,13,16)(H2,17,18,19)/t4-,6-,7-,8-,30?/m1/s1. The number of H-pyrrole nitrogens is 1. The monoisotopic (exact) mass is 502 g/mol. The molecule has 1 aliphatic heterocycles. The van der Waals surface area contributed by atoms with Gasteiger partial charge < -0.3 is 29.6 Å². The molecule has 30 heavy (non-hydrogen) atoms. The fourth-order valence-corrected chi connectivity index (χ4v) is 5.35. The van der Waals surface area contributed by atoms with E-state index in [0.717, 1.165) is 12.3 Å². The molecule has 6 N–H and O–H groups in total. The number of aliphatic hydroxyl groups excluding tert-OH is 2. The van der Waals surface area contributed by atoms with Gasteiger partial charge in [-0.15, -0.1) is 0 Å². The zero-order valence-electron chi connectivity index (χ0n) is 14.2. The van der Waals surface area contributed by atoms with Crippen LogP contribution in [0.25, 0.3) is 0 Å². The van der Waals surface area contributed by atoms with Gasteiger partial charge >= 0.3 is 29.2 Å². The number of nitrogens with zero attached hydrogens (tertiary/aromatic N) is 1. The molecule has 17 nitrogen and oxygen atoms in total. The molecule has 2 unspecified atom stereocenters. The minimum absolute atomic E-state index is 0.673. The van der Waals surface area contributed by atoms with Crippen LogP contribution in [0.1, 0.15) is 6.23 Å². The van der Waals surface area contributed by atoms with E-state index in [1.165, 1.54) is 0 Å². The summed E-state index contributed by atoms with van der Waals surface area (Å²) in [5, 5.41) is 19.9. The van der Waals surface area contributed by atoms with E-state index in [1.807, 2.05) is 4.98 Å². The van der Waals surface area contributed by atoms with Crippen LogP contribution in [0.3, 0.4) is 0 Å². The fraction of sp³-hybridized carbons (Fsp3) is 0.556. The van der Waals surface area contributed by atoms with Crippen LogP contribution < -0.4 is 11.2 Å². The van der Waals surface area contributed by atoms with Gasteiger partial charge in [0.25, 0.3) is 5.56 Å². The third kappa shape index (κ3) is 6.45. The van der Waals surface area contributed by atoms with Gasteiger partial charge in [-0.25, -0.2) is 18.5 Å². The molecule has 2 heterocycles. The maximum Gasteiger partial charge on any atom is 0.515 e. The first-order valence-corrected chi connectivity index (χ1v) is 11.8. The first kappa shape index (κ1) is 25.2. The molecule has 1 aliphatic rings. The number of nitrogens with one attached hydrogen (secondary N) is 1. The Morgan fingerprint density at radius 1 is 1.13 bits per heavy atom. The first-order chi connectivity index (χ1) is 13.7. The lowest BCUT2D eigenvalue weighted by Gasteiger charge is -2.19. The molecule has 0 bridgehead atoms. The Labute approximate surface area is 163 Å². The molecule has 2 rings (SSSR count). The Hall–Kier alpha value is -1.10. The highest BCUT2D eigenvalue weighted by molar-refractivity contribution is 7.66. The Balaban J connectivity index is 2.10. The van der Waals surface area contributed by atoms with Crippen LogP contribution >= 0.6 is 23.5 Å². The highest BCUT2D eigenvalue weighted by Crippen LogP contribution is 2.68. The highest BCUT2D eigenvalue weighted by atomic mass is 31.3. The van der Waals surface area contributed by atoms with Gasteiger partial charge in [-0.3, -0.25) is 18.9 Å². The van der Waals surface area contributed by atoms with Crippen molar-refractivity contribution in [3.8, 4) is 0 Å². The van der Waals surface area contributed by atoms with Crippen LogP contribution in [0, 0.1) is 0 Å². The first-order valence-electron chi connectivity index (χ1n) is 7.35. The van der Waals surface area contributed by atoms with E-state index in [4.69, 9.17) is 19.4 Å². The van der Waals surface area contributed by atoms with E-state index in [1.54, 1.807) is 0 Å². The second-order valence-electron chi connectivity index (χ2n) is 5.50. The molecule has 172 valence electrons. The van der Waals surface area contributed by atoms with Crippen LogP contribution in [0.5, 0.6) is 0 Å². The lowest BCUT2D eigenvalue weighted by atomic mass is 10.1. The van der Waals surface area contributed by atoms with Crippen LogP contribution in [-0.4, -0.2) is 59.4 Å². The van der Waals surface area contributed by atoms with Gasteiger partial charge in [-0.05, 0) is 4.53 Å². The zero-order valence-corrected chi connectivity index (χ0v) is 16.8. The average molecular weight is 502 g/mol. The Kier molecular flexibility index (Phi) is 7.70. The maximum atomic E-state index is 12.6. The summed E-state index contributed by atoms with van der Waals surface area (Å²) in [6.07, 6.45) is -5.99. The molecule has 0 radical (unpaired) electrons. The van der Waals surface area contributed by atoms with Gasteiger partial charge in [0.05, 0.1) is 6.61 Å². The number of hydrogen-bond donors (Lipinski definition) is 6. The topological polar surface area (TPSA) is 253 Å². The van der Waals surface area contributed by atoms with Gasteiger partial charge in [-0.1, -0.05) is 4.73 Å². The largest absolute Gasteiger partial charge is 0.515 e. The van der Waals surface area contributed by atoms with Crippen molar-refractivity contribution in [1.82, 2.24) is 9.55 Å². The van der Waals surface area contributed by atoms with E-state index in [-0.39, 0.29) is 0 Å². The van der Waals surface area contributed by atoms with Crippen molar-refractivity contribution in [2.24, 2.45) is 0 Å². The summed E-state index contributed by atoms with van der Waals surface area (Å²) in [7, 11) is -17.2. The van der Waals surface area contributed by atoms with Crippen molar-refractivity contribution in [3.05, 3.63) is 33.1 Å². The smallest absolute Gasteiger partial charge is 0.387 e. The minimum atomic E-state index is -5.86.